The van der Waals surface area contributed by atoms with Crippen molar-refractivity contribution in [2.24, 2.45) is 11.3 Å². The van der Waals surface area contributed by atoms with E-state index in [-0.39, 0.29) is 0 Å². The van der Waals surface area contributed by atoms with Gasteiger partial charge in [-0.3, -0.25) is 0 Å². The second-order valence-electron chi connectivity index (χ2n) is 9.68. The molecular formula is C28H35ClN6O. The third kappa shape index (κ3) is 6.37. The summed E-state index contributed by atoms with van der Waals surface area (Å²) in [5.41, 5.74) is 1.17. The van der Waals surface area contributed by atoms with E-state index < -0.39 is 5.41 Å². The summed E-state index contributed by atoms with van der Waals surface area (Å²) in [4.78, 5) is 11.4. The summed E-state index contributed by atoms with van der Waals surface area (Å²) in [6.07, 6.45) is 11.4. The minimum atomic E-state index is -0.421. The van der Waals surface area contributed by atoms with Gasteiger partial charge in [-0.15, -0.1) is 0 Å². The summed E-state index contributed by atoms with van der Waals surface area (Å²) in [5.74, 6) is 2.11. The monoisotopic (exact) mass is 506 g/mol. The molecule has 2 fully saturated rings. The Kier molecular flexibility index (Phi) is 8.84. The van der Waals surface area contributed by atoms with Crippen molar-refractivity contribution in [2.45, 2.75) is 44.6 Å². The van der Waals surface area contributed by atoms with Crippen LogP contribution in [0, 0.1) is 22.7 Å². The van der Waals surface area contributed by atoms with E-state index >= 15 is 0 Å². The normalized spacial score (nSPS) is 21.1. The first-order valence-electron chi connectivity index (χ1n) is 12.7. The average Bonchev–Trinajstić information content (AvgIpc) is 2.93. The van der Waals surface area contributed by atoms with E-state index in [1.807, 2.05) is 36.7 Å². The molecule has 4 rings (SSSR count). The van der Waals surface area contributed by atoms with Crippen molar-refractivity contribution in [3.8, 4) is 17.3 Å². The summed E-state index contributed by atoms with van der Waals surface area (Å²) >= 11 is 6.52. The molecule has 0 aromatic carbocycles. The van der Waals surface area contributed by atoms with Gasteiger partial charge >= 0.3 is 0 Å². The van der Waals surface area contributed by atoms with E-state index in [1.165, 1.54) is 0 Å². The van der Waals surface area contributed by atoms with Crippen LogP contribution in [-0.2, 0) is 4.74 Å². The van der Waals surface area contributed by atoms with Gasteiger partial charge in [-0.2, -0.15) is 5.26 Å². The van der Waals surface area contributed by atoms with Crippen LogP contribution in [-0.4, -0.2) is 47.2 Å². The summed E-state index contributed by atoms with van der Waals surface area (Å²) in [6.45, 7) is 10.4. The van der Waals surface area contributed by atoms with Crippen LogP contribution in [0.5, 0.6) is 0 Å². The van der Waals surface area contributed by atoms with E-state index in [0.29, 0.717) is 36.7 Å². The van der Waals surface area contributed by atoms with Gasteiger partial charge in [-0.05, 0) is 75.0 Å². The Bertz CT molecular complexity index is 1080. The number of halogens is 1. The molecule has 3 heterocycles. The molecule has 0 unspecified atom stereocenters. The van der Waals surface area contributed by atoms with Crippen molar-refractivity contribution in [1.82, 2.24) is 14.9 Å². The first-order valence-corrected chi connectivity index (χ1v) is 13.1. The fourth-order valence-corrected chi connectivity index (χ4v) is 5.23. The molecule has 2 aromatic rings. The highest BCUT2D eigenvalue weighted by Crippen LogP contribution is 2.32. The van der Waals surface area contributed by atoms with Crippen LogP contribution in [0.15, 0.2) is 56.0 Å². The van der Waals surface area contributed by atoms with E-state index in [2.05, 4.69) is 39.7 Å². The molecule has 1 saturated heterocycles. The third-order valence-corrected chi connectivity index (χ3v) is 7.71. The molecular weight excluding hydrogens is 472 g/mol. The molecule has 0 radical (unpaired) electrons. The molecule has 0 spiro atoms. The van der Waals surface area contributed by atoms with Gasteiger partial charge in [0.2, 0.25) is 0 Å². The second-order valence-corrected chi connectivity index (χ2v) is 10.1. The van der Waals surface area contributed by atoms with Crippen molar-refractivity contribution in [1.29, 1.82) is 5.26 Å². The van der Waals surface area contributed by atoms with Crippen molar-refractivity contribution >= 4 is 23.2 Å². The Morgan fingerprint density at radius 3 is 2.58 bits per heavy atom. The standard InChI is InChI=1S/C28H35ClN6O/c1-3-35(4-2)22-10-8-21(9-11-22)17-31-27-16-23(24(29)18-32-27)25-6-5-7-26(34-25)33-20-28(19-30)12-14-36-15-13-28/h3-7,16,18,21-22H,1-2,8-15,17,20H2,(H,31,32)(H,33,34). The second kappa shape index (κ2) is 12.2. The maximum absolute atomic E-state index is 9.72. The smallest absolute Gasteiger partial charge is 0.126 e. The number of nitrogens with one attached hydrogen (secondary N) is 2. The van der Waals surface area contributed by atoms with Crippen LogP contribution in [0.4, 0.5) is 11.6 Å². The number of anilines is 2. The van der Waals surface area contributed by atoms with E-state index in [1.54, 1.807) is 6.20 Å². The van der Waals surface area contributed by atoms with Crippen LogP contribution in [0.25, 0.3) is 11.3 Å². The first kappa shape index (κ1) is 26.0. The lowest BCUT2D eigenvalue weighted by Crippen LogP contribution is -2.34. The van der Waals surface area contributed by atoms with Crippen LogP contribution in [0.2, 0.25) is 5.02 Å². The molecule has 0 amide bonds. The van der Waals surface area contributed by atoms with Crippen molar-refractivity contribution in [3.05, 3.63) is 61.0 Å². The minimum Gasteiger partial charge on any atom is -0.381 e. The maximum atomic E-state index is 9.72. The zero-order valence-corrected chi connectivity index (χ0v) is 21.5. The van der Waals surface area contributed by atoms with Crippen molar-refractivity contribution in [2.75, 3.05) is 36.9 Å². The summed E-state index contributed by atoms with van der Waals surface area (Å²) in [5, 5.41) is 17.1. The fourth-order valence-electron chi connectivity index (χ4n) is 5.03. The number of aromatic nitrogens is 2. The van der Waals surface area contributed by atoms with Gasteiger partial charge in [0.1, 0.15) is 11.6 Å². The van der Waals surface area contributed by atoms with Crippen LogP contribution < -0.4 is 10.6 Å². The molecule has 0 bridgehead atoms. The quantitative estimate of drug-likeness (QED) is 0.403. The lowest BCUT2D eigenvalue weighted by atomic mass is 9.82. The number of ether oxygens (including phenoxy) is 1. The molecule has 2 aliphatic rings. The highest BCUT2D eigenvalue weighted by molar-refractivity contribution is 6.33. The average molecular weight is 507 g/mol. The molecule has 7 nitrogen and oxygen atoms in total. The van der Waals surface area contributed by atoms with Gasteiger partial charge in [0.05, 0.1) is 22.2 Å². The van der Waals surface area contributed by atoms with Crippen LogP contribution in [0.3, 0.4) is 0 Å². The Hall–Kier alpha value is -3.08. The molecule has 190 valence electrons. The SMILES string of the molecule is C=CN(C=C)C1CCC(CNc2cc(-c3cccc(NCC4(C#N)CCOCC4)n3)c(Cl)cn2)CC1. The molecule has 36 heavy (non-hydrogen) atoms. The van der Waals surface area contributed by atoms with E-state index in [9.17, 15) is 5.26 Å². The number of hydrogen-bond acceptors (Lipinski definition) is 7. The number of nitriles is 1. The molecule has 1 aliphatic heterocycles. The van der Waals surface area contributed by atoms with Crippen LogP contribution >= 0.6 is 11.6 Å². The summed E-state index contributed by atoms with van der Waals surface area (Å²) < 4.78 is 5.43. The number of pyridine rings is 2. The summed E-state index contributed by atoms with van der Waals surface area (Å²) in [7, 11) is 0. The zero-order valence-electron chi connectivity index (χ0n) is 20.8. The fraction of sp³-hybridized carbons (Fsp3) is 0.464. The van der Waals surface area contributed by atoms with Gasteiger partial charge in [-0.1, -0.05) is 30.8 Å². The predicted molar refractivity (Wildman–Crippen MR) is 146 cm³/mol. The van der Waals surface area contributed by atoms with Crippen molar-refractivity contribution in [3.63, 3.8) is 0 Å². The Morgan fingerprint density at radius 1 is 1.14 bits per heavy atom. The maximum Gasteiger partial charge on any atom is 0.126 e. The van der Waals surface area contributed by atoms with Gasteiger partial charge in [0.15, 0.2) is 0 Å². The first-order chi connectivity index (χ1) is 17.6. The number of hydrogen-bond donors (Lipinski definition) is 2. The van der Waals surface area contributed by atoms with Gasteiger partial charge in [0, 0.05) is 44.1 Å². The number of rotatable bonds is 10. The molecule has 1 saturated carbocycles. The predicted octanol–water partition coefficient (Wildman–Crippen LogP) is 6.09. The highest BCUT2D eigenvalue weighted by Gasteiger charge is 2.32. The molecule has 2 aromatic heterocycles. The number of nitrogens with zero attached hydrogens (tertiary/aromatic N) is 4. The highest BCUT2D eigenvalue weighted by atomic mass is 35.5. The lowest BCUT2D eigenvalue weighted by molar-refractivity contribution is 0.0455. The lowest BCUT2D eigenvalue weighted by Gasteiger charge is -2.34. The third-order valence-electron chi connectivity index (χ3n) is 7.41. The van der Waals surface area contributed by atoms with Gasteiger partial charge in [0.25, 0.3) is 0 Å². The summed E-state index contributed by atoms with van der Waals surface area (Å²) in [6, 6.07) is 10.8. The van der Waals surface area contributed by atoms with Gasteiger partial charge < -0.3 is 20.3 Å². The minimum absolute atomic E-state index is 0.421. The molecule has 8 heteroatoms. The van der Waals surface area contributed by atoms with Crippen LogP contribution in [0.1, 0.15) is 38.5 Å². The Morgan fingerprint density at radius 2 is 1.89 bits per heavy atom. The Balaban J connectivity index is 1.37. The molecule has 0 atom stereocenters. The van der Waals surface area contributed by atoms with E-state index in [0.717, 1.165) is 68.0 Å². The van der Waals surface area contributed by atoms with Crippen molar-refractivity contribution < 1.29 is 4.74 Å². The molecule has 1 aliphatic carbocycles. The zero-order chi connectivity index (χ0) is 25.4. The topological polar surface area (TPSA) is 86.1 Å². The van der Waals surface area contributed by atoms with E-state index in [4.69, 9.17) is 21.3 Å². The largest absolute Gasteiger partial charge is 0.381 e. The molecule has 2 N–H and O–H groups in total. The Labute approximate surface area is 219 Å². The van der Waals surface area contributed by atoms with Gasteiger partial charge in [-0.25, -0.2) is 9.97 Å².